The largest absolute Gasteiger partial charge is 0.381 e. The van der Waals surface area contributed by atoms with Crippen LogP contribution in [0.1, 0.15) is 13.8 Å². The molecule has 0 aliphatic rings. The van der Waals surface area contributed by atoms with Crippen LogP contribution in [0.4, 0.5) is 0 Å². The predicted molar refractivity (Wildman–Crippen MR) is 54.1 cm³/mol. The summed E-state index contributed by atoms with van der Waals surface area (Å²) in [7, 11) is 1.72. The first-order valence-electron chi connectivity index (χ1n) is 4.15. The molecule has 0 spiro atoms. The molecule has 0 bridgehead atoms. The van der Waals surface area contributed by atoms with E-state index in [4.69, 9.17) is 4.74 Å². The maximum Gasteiger partial charge on any atom is 0.0609 e. The minimum atomic E-state index is 0.217. The highest BCUT2D eigenvalue weighted by Gasteiger charge is 2.12. The van der Waals surface area contributed by atoms with E-state index < -0.39 is 0 Å². The quantitative estimate of drug-likeness (QED) is 0.570. The fraction of sp³-hybridized carbons (Fsp3) is 0.455. The highest BCUT2D eigenvalue weighted by molar-refractivity contribution is 5.24. The van der Waals surface area contributed by atoms with Gasteiger partial charge in [-0.2, -0.15) is 0 Å². The molecule has 0 radical (unpaired) electrons. The summed E-state index contributed by atoms with van der Waals surface area (Å²) >= 11 is 0. The molecule has 2 unspecified atom stereocenters. The summed E-state index contributed by atoms with van der Waals surface area (Å²) in [5, 5.41) is 0. The summed E-state index contributed by atoms with van der Waals surface area (Å²) in [6.45, 7) is 11.6. The third kappa shape index (κ3) is 3.05. The van der Waals surface area contributed by atoms with E-state index in [0.717, 1.165) is 0 Å². The second-order valence-corrected chi connectivity index (χ2v) is 2.84. The van der Waals surface area contributed by atoms with Gasteiger partial charge in [0.2, 0.25) is 0 Å². The van der Waals surface area contributed by atoms with Gasteiger partial charge in [0, 0.05) is 13.0 Å². The van der Waals surface area contributed by atoms with Crippen molar-refractivity contribution in [2.24, 2.45) is 5.92 Å². The summed E-state index contributed by atoms with van der Waals surface area (Å²) in [4.78, 5) is 0. The molecule has 0 amide bonds. The maximum atomic E-state index is 5.22. The van der Waals surface area contributed by atoms with Gasteiger partial charge in [0.1, 0.15) is 0 Å². The van der Waals surface area contributed by atoms with E-state index in [1.807, 2.05) is 19.1 Å². The van der Waals surface area contributed by atoms with Gasteiger partial charge in [-0.25, -0.2) is 0 Å². The summed E-state index contributed by atoms with van der Waals surface area (Å²) in [6.07, 6.45) is 5.81. The predicted octanol–water partition coefficient (Wildman–Crippen LogP) is 2.96. The summed E-state index contributed by atoms with van der Waals surface area (Å²) in [6, 6.07) is 0. The van der Waals surface area contributed by atoms with Crippen molar-refractivity contribution < 1.29 is 4.74 Å². The minimum absolute atomic E-state index is 0.217. The Bertz CT molecular complexity index is 179. The summed E-state index contributed by atoms with van der Waals surface area (Å²) < 4.78 is 5.22. The summed E-state index contributed by atoms with van der Waals surface area (Å²) in [5.74, 6) is 0.366. The van der Waals surface area contributed by atoms with Crippen LogP contribution in [0.15, 0.2) is 37.0 Å². The van der Waals surface area contributed by atoms with Gasteiger partial charge in [-0.15, -0.1) is 0 Å². The Morgan fingerprint density at radius 1 is 1.33 bits per heavy atom. The van der Waals surface area contributed by atoms with Crippen LogP contribution in [0.2, 0.25) is 0 Å². The lowest BCUT2D eigenvalue weighted by Crippen LogP contribution is -2.17. The minimum Gasteiger partial charge on any atom is -0.381 e. The van der Waals surface area contributed by atoms with Crippen LogP contribution in [-0.4, -0.2) is 13.2 Å². The van der Waals surface area contributed by atoms with Crippen LogP contribution in [0, 0.1) is 5.92 Å². The van der Waals surface area contributed by atoms with E-state index in [1.54, 1.807) is 13.2 Å². The monoisotopic (exact) mass is 166 g/mol. The fourth-order valence-electron chi connectivity index (χ4n) is 1.02. The molecule has 0 N–H and O–H groups in total. The Balaban J connectivity index is 4.40. The van der Waals surface area contributed by atoms with Gasteiger partial charge in [-0.3, -0.25) is 0 Å². The Morgan fingerprint density at radius 2 is 1.92 bits per heavy atom. The fourth-order valence-corrected chi connectivity index (χ4v) is 1.02. The average molecular weight is 166 g/mol. The van der Waals surface area contributed by atoms with Crippen LogP contribution in [0.25, 0.3) is 0 Å². The molecular formula is C11H18O. The van der Waals surface area contributed by atoms with E-state index in [-0.39, 0.29) is 6.10 Å². The lowest BCUT2D eigenvalue weighted by Gasteiger charge is -2.19. The molecule has 2 atom stereocenters. The van der Waals surface area contributed by atoms with Crippen molar-refractivity contribution >= 4 is 0 Å². The molecule has 68 valence electrons. The standard InChI is InChI=1S/C11H18O/c1-6-8-11(7-2)9(3)10(4)12-5/h6-10H,1-2H2,3-5H3/b11-8+. The molecule has 0 aromatic carbocycles. The highest BCUT2D eigenvalue weighted by Crippen LogP contribution is 2.17. The maximum absolute atomic E-state index is 5.22. The van der Waals surface area contributed by atoms with Crippen molar-refractivity contribution in [1.82, 2.24) is 0 Å². The van der Waals surface area contributed by atoms with Gasteiger partial charge in [-0.1, -0.05) is 38.3 Å². The number of hydrogen-bond acceptors (Lipinski definition) is 1. The number of hydrogen-bond donors (Lipinski definition) is 0. The van der Waals surface area contributed by atoms with E-state index in [0.29, 0.717) is 5.92 Å². The topological polar surface area (TPSA) is 9.23 Å². The third-order valence-electron chi connectivity index (χ3n) is 2.15. The molecule has 0 saturated heterocycles. The van der Waals surface area contributed by atoms with Crippen molar-refractivity contribution in [3.05, 3.63) is 37.0 Å². The molecular weight excluding hydrogens is 148 g/mol. The van der Waals surface area contributed by atoms with Crippen LogP contribution in [0.5, 0.6) is 0 Å². The molecule has 0 aliphatic carbocycles. The van der Waals surface area contributed by atoms with Crippen LogP contribution in [0.3, 0.4) is 0 Å². The molecule has 0 saturated carbocycles. The Hall–Kier alpha value is -0.820. The lowest BCUT2D eigenvalue weighted by molar-refractivity contribution is 0.0873. The molecule has 0 aliphatic heterocycles. The second kappa shape index (κ2) is 5.78. The molecule has 0 rings (SSSR count). The number of ether oxygens (including phenoxy) is 1. The second-order valence-electron chi connectivity index (χ2n) is 2.84. The molecule has 1 heteroatoms. The van der Waals surface area contributed by atoms with Gasteiger partial charge in [0.15, 0.2) is 0 Å². The van der Waals surface area contributed by atoms with Crippen LogP contribution in [-0.2, 0) is 4.74 Å². The smallest absolute Gasteiger partial charge is 0.0609 e. The van der Waals surface area contributed by atoms with Crippen molar-refractivity contribution in [1.29, 1.82) is 0 Å². The van der Waals surface area contributed by atoms with Crippen LogP contribution < -0.4 is 0 Å². The Labute approximate surface area is 75.4 Å². The van der Waals surface area contributed by atoms with Crippen LogP contribution >= 0.6 is 0 Å². The first-order chi connectivity index (χ1) is 5.67. The van der Waals surface area contributed by atoms with Gasteiger partial charge < -0.3 is 4.74 Å². The van der Waals surface area contributed by atoms with Gasteiger partial charge in [-0.05, 0) is 12.5 Å². The van der Waals surface area contributed by atoms with E-state index in [2.05, 4.69) is 20.1 Å². The van der Waals surface area contributed by atoms with E-state index >= 15 is 0 Å². The molecule has 0 aromatic heterocycles. The van der Waals surface area contributed by atoms with Crippen molar-refractivity contribution in [3.63, 3.8) is 0 Å². The molecule has 12 heavy (non-hydrogen) atoms. The SMILES string of the molecule is C=C/C=C(\C=C)C(C)C(C)OC. The normalized spacial score (nSPS) is 16.8. The molecule has 0 fully saturated rings. The number of rotatable bonds is 5. The van der Waals surface area contributed by atoms with Gasteiger partial charge in [0.05, 0.1) is 6.10 Å². The van der Waals surface area contributed by atoms with E-state index in [1.165, 1.54) is 5.57 Å². The zero-order chi connectivity index (χ0) is 9.56. The van der Waals surface area contributed by atoms with Crippen molar-refractivity contribution in [2.75, 3.05) is 7.11 Å². The zero-order valence-corrected chi connectivity index (χ0v) is 8.21. The Kier molecular flexibility index (Phi) is 5.39. The molecule has 0 aromatic rings. The number of allylic oxidation sites excluding steroid dienone is 3. The highest BCUT2D eigenvalue weighted by atomic mass is 16.5. The van der Waals surface area contributed by atoms with Gasteiger partial charge >= 0.3 is 0 Å². The molecule has 1 nitrogen and oxygen atoms in total. The zero-order valence-electron chi connectivity index (χ0n) is 8.21. The lowest BCUT2D eigenvalue weighted by atomic mass is 9.96. The average Bonchev–Trinajstić information content (AvgIpc) is 2.11. The summed E-state index contributed by atoms with van der Waals surface area (Å²) in [5.41, 5.74) is 1.17. The Morgan fingerprint density at radius 3 is 2.25 bits per heavy atom. The third-order valence-corrected chi connectivity index (χ3v) is 2.15. The first-order valence-corrected chi connectivity index (χ1v) is 4.15. The number of methoxy groups -OCH3 is 1. The van der Waals surface area contributed by atoms with Crippen molar-refractivity contribution in [2.45, 2.75) is 20.0 Å². The van der Waals surface area contributed by atoms with Crippen molar-refractivity contribution in [3.8, 4) is 0 Å². The van der Waals surface area contributed by atoms with Gasteiger partial charge in [0.25, 0.3) is 0 Å². The van der Waals surface area contributed by atoms with E-state index in [9.17, 15) is 0 Å². The first kappa shape index (κ1) is 11.2. The molecule has 0 heterocycles.